The van der Waals surface area contributed by atoms with Crippen molar-refractivity contribution in [3.63, 3.8) is 0 Å². The average Bonchev–Trinajstić information content (AvgIpc) is 2.28. The molecule has 1 atom stereocenters. The third kappa shape index (κ3) is 3.48. The Labute approximate surface area is 98.1 Å². The molecule has 0 aromatic carbocycles. The monoisotopic (exact) mass is 277 g/mol. The molecule has 86 valence electrons. The normalized spacial score (nSPS) is 21.2. The van der Waals surface area contributed by atoms with Gasteiger partial charge < -0.3 is 9.64 Å². The minimum absolute atomic E-state index is 0.0454. The van der Waals surface area contributed by atoms with Crippen molar-refractivity contribution < 1.29 is 14.3 Å². The number of hydrogen-bond donors (Lipinski definition) is 0. The molecule has 0 radical (unpaired) electrons. The summed E-state index contributed by atoms with van der Waals surface area (Å²) in [6, 6.07) is 0. The predicted molar refractivity (Wildman–Crippen MR) is 59.7 cm³/mol. The first-order valence-corrected chi connectivity index (χ1v) is 6.31. The third-order valence-corrected chi connectivity index (χ3v) is 2.99. The van der Waals surface area contributed by atoms with Crippen molar-refractivity contribution in [2.75, 3.05) is 25.0 Å². The number of nitrogens with zero attached hydrogens (tertiary/aromatic N) is 1. The van der Waals surface area contributed by atoms with Gasteiger partial charge in [0.2, 0.25) is 5.91 Å². The zero-order valence-corrected chi connectivity index (χ0v) is 10.5. The predicted octanol–water partition coefficient (Wildman–Crippen LogP) is 1.18. The molecule has 0 N–H and O–H groups in total. The number of rotatable bonds is 3. The molecule has 4 nitrogen and oxygen atoms in total. The van der Waals surface area contributed by atoms with Crippen LogP contribution in [0.2, 0.25) is 0 Å². The third-order valence-electron chi connectivity index (χ3n) is 2.51. The molecule has 15 heavy (non-hydrogen) atoms. The molecular formula is C10H16BrNO3. The maximum Gasteiger partial charge on any atom is 0.310 e. The highest BCUT2D eigenvalue weighted by molar-refractivity contribution is 9.09. The van der Waals surface area contributed by atoms with Gasteiger partial charge in [-0.3, -0.25) is 9.59 Å². The summed E-state index contributed by atoms with van der Waals surface area (Å²) in [7, 11) is 0. The van der Waals surface area contributed by atoms with E-state index in [2.05, 4.69) is 15.9 Å². The summed E-state index contributed by atoms with van der Waals surface area (Å²) in [4.78, 5) is 24.6. The zero-order valence-electron chi connectivity index (χ0n) is 8.87. The number of hydrogen-bond acceptors (Lipinski definition) is 3. The van der Waals surface area contributed by atoms with Gasteiger partial charge in [0.1, 0.15) is 0 Å². The summed E-state index contributed by atoms with van der Waals surface area (Å²) in [6.45, 7) is 3.45. The minimum Gasteiger partial charge on any atom is -0.466 e. The number of carbonyl (C=O) groups is 2. The lowest BCUT2D eigenvalue weighted by Crippen LogP contribution is -2.43. The van der Waals surface area contributed by atoms with Gasteiger partial charge in [-0.05, 0) is 19.8 Å². The van der Waals surface area contributed by atoms with Crippen molar-refractivity contribution in [1.82, 2.24) is 4.90 Å². The standard InChI is InChI=1S/C10H16BrNO3/c1-2-15-10(14)8-4-3-5-12(7-8)9(13)6-11/h8H,2-7H2,1H3. The number of ether oxygens (including phenoxy) is 1. The molecule has 1 amide bonds. The van der Waals surface area contributed by atoms with Crippen molar-refractivity contribution in [3.8, 4) is 0 Å². The summed E-state index contributed by atoms with van der Waals surface area (Å²) >= 11 is 3.13. The fourth-order valence-electron chi connectivity index (χ4n) is 1.74. The number of carbonyl (C=O) groups excluding carboxylic acids is 2. The lowest BCUT2D eigenvalue weighted by atomic mass is 9.98. The lowest BCUT2D eigenvalue weighted by molar-refractivity contribution is -0.150. The number of likely N-dealkylation sites (tertiary alicyclic amines) is 1. The van der Waals surface area contributed by atoms with E-state index in [9.17, 15) is 9.59 Å². The molecule has 0 aliphatic carbocycles. The fourth-order valence-corrected chi connectivity index (χ4v) is 2.10. The highest BCUT2D eigenvalue weighted by Crippen LogP contribution is 2.18. The van der Waals surface area contributed by atoms with Crippen LogP contribution in [0.15, 0.2) is 0 Å². The Morgan fingerprint density at radius 3 is 2.87 bits per heavy atom. The van der Waals surface area contributed by atoms with E-state index in [4.69, 9.17) is 4.74 Å². The van der Waals surface area contributed by atoms with E-state index in [1.165, 1.54) is 0 Å². The molecule has 5 heteroatoms. The Morgan fingerprint density at radius 2 is 2.27 bits per heavy atom. The van der Waals surface area contributed by atoms with E-state index in [1.54, 1.807) is 11.8 Å². The Hall–Kier alpha value is -0.580. The fraction of sp³-hybridized carbons (Fsp3) is 0.800. The molecule has 1 aliphatic rings. The number of halogens is 1. The lowest BCUT2D eigenvalue weighted by Gasteiger charge is -2.31. The van der Waals surface area contributed by atoms with Crippen molar-refractivity contribution >= 4 is 27.8 Å². The van der Waals surface area contributed by atoms with Gasteiger partial charge in [-0.15, -0.1) is 0 Å². The molecule has 1 aliphatic heterocycles. The van der Waals surface area contributed by atoms with Crippen molar-refractivity contribution in [1.29, 1.82) is 0 Å². The maximum atomic E-state index is 11.5. The topological polar surface area (TPSA) is 46.6 Å². The molecule has 0 spiro atoms. The van der Waals surface area contributed by atoms with Crippen LogP contribution in [0.3, 0.4) is 0 Å². The highest BCUT2D eigenvalue weighted by atomic mass is 79.9. The van der Waals surface area contributed by atoms with Crippen molar-refractivity contribution in [3.05, 3.63) is 0 Å². The van der Waals surface area contributed by atoms with Crippen LogP contribution >= 0.6 is 15.9 Å². The molecule has 1 saturated heterocycles. The first kappa shape index (κ1) is 12.5. The molecule has 1 unspecified atom stereocenters. The van der Waals surface area contributed by atoms with Gasteiger partial charge in [0.05, 0.1) is 17.9 Å². The van der Waals surface area contributed by atoms with E-state index in [-0.39, 0.29) is 17.8 Å². The second kappa shape index (κ2) is 6.10. The summed E-state index contributed by atoms with van der Waals surface area (Å²) in [5.74, 6) is -0.268. The Kier molecular flexibility index (Phi) is 5.08. The van der Waals surface area contributed by atoms with Crippen molar-refractivity contribution in [2.45, 2.75) is 19.8 Å². The molecule has 0 bridgehead atoms. The van der Waals surface area contributed by atoms with E-state index in [0.717, 1.165) is 19.4 Å². The van der Waals surface area contributed by atoms with Gasteiger partial charge in [0, 0.05) is 13.1 Å². The molecule has 1 heterocycles. The SMILES string of the molecule is CCOC(=O)C1CCCN(C(=O)CBr)C1. The van der Waals surface area contributed by atoms with Crippen LogP contribution in [0.4, 0.5) is 0 Å². The smallest absolute Gasteiger partial charge is 0.310 e. The van der Waals surface area contributed by atoms with Gasteiger partial charge in [-0.2, -0.15) is 0 Å². The molecule has 1 fully saturated rings. The first-order chi connectivity index (χ1) is 7.19. The minimum atomic E-state index is -0.176. The largest absolute Gasteiger partial charge is 0.466 e. The highest BCUT2D eigenvalue weighted by Gasteiger charge is 2.28. The quantitative estimate of drug-likeness (QED) is 0.575. The summed E-state index contributed by atoms with van der Waals surface area (Å²) in [5.41, 5.74) is 0. The Bertz CT molecular complexity index is 245. The van der Waals surface area contributed by atoms with Gasteiger partial charge in [0.25, 0.3) is 0 Å². The molecular weight excluding hydrogens is 262 g/mol. The van der Waals surface area contributed by atoms with Gasteiger partial charge in [-0.25, -0.2) is 0 Å². The average molecular weight is 278 g/mol. The maximum absolute atomic E-state index is 11.5. The first-order valence-electron chi connectivity index (χ1n) is 5.19. The van der Waals surface area contributed by atoms with Gasteiger partial charge in [0.15, 0.2) is 0 Å². The Balaban J connectivity index is 2.48. The molecule has 1 rings (SSSR count). The van der Waals surface area contributed by atoms with Gasteiger partial charge in [-0.1, -0.05) is 15.9 Å². The van der Waals surface area contributed by atoms with Crippen LogP contribution in [0.5, 0.6) is 0 Å². The molecule has 0 aromatic rings. The number of esters is 1. The Morgan fingerprint density at radius 1 is 1.53 bits per heavy atom. The number of piperidine rings is 1. The zero-order chi connectivity index (χ0) is 11.3. The second-order valence-corrected chi connectivity index (χ2v) is 4.13. The summed E-state index contributed by atoms with van der Waals surface area (Å²) < 4.78 is 4.95. The van der Waals surface area contributed by atoms with Crippen LogP contribution in [-0.2, 0) is 14.3 Å². The second-order valence-electron chi connectivity index (χ2n) is 3.56. The van der Waals surface area contributed by atoms with Crippen LogP contribution in [0.25, 0.3) is 0 Å². The number of amides is 1. The van der Waals surface area contributed by atoms with Gasteiger partial charge >= 0.3 is 5.97 Å². The molecule has 0 saturated carbocycles. The van der Waals surface area contributed by atoms with Crippen LogP contribution < -0.4 is 0 Å². The summed E-state index contributed by atoms with van der Waals surface area (Å²) in [5, 5.41) is 0.322. The molecule has 0 aromatic heterocycles. The summed E-state index contributed by atoms with van der Waals surface area (Å²) in [6.07, 6.45) is 1.70. The van der Waals surface area contributed by atoms with Crippen molar-refractivity contribution in [2.24, 2.45) is 5.92 Å². The van der Waals surface area contributed by atoms with E-state index < -0.39 is 0 Å². The number of alkyl halides is 1. The van der Waals surface area contributed by atoms with E-state index >= 15 is 0 Å². The van der Waals surface area contributed by atoms with E-state index in [1.807, 2.05) is 0 Å². The van der Waals surface area contributed by atoms with Crippen LogP contribution in [0.1, 0.15) is 19.8 Å². The van der Waals surface area contributed by atoms with Crippen LogP contribution in [0, 0.1) is 5.92 Å². The van der Waals surface area contributed by atoms with E-state index in [0.29, 0.717) is 18.5 Å². The van der Waals surface area contributed by atoms with Crippen LogP contribution in [-0.4, -0.2) is 41.8 Å².